The maximum absolute atomic E-state index is 12.7. The van der Waals surface area contributed by atoms with E-state index in [-0.39, 0.29) is 31.7 Å². The fourth-order valence-electron chi connectivity index (χ4n) is 2.70. The summed E-state index contributed by atoms with van der Waals surface area (Å²) in [4.78, 5) is 16.2. The van der Waals surface area contributed by atoms with Crippen molar-refractivity contribution in [3.63, 3.8) is 0 Å². The summed E-state index contributed by atoms with van der Waals surface area (Å²) >= 11 is 0. The summed E-state index contributed by atoms with van der Waals surface area (Å²) in [7, 11) is -3.35. The molecule has 0 spiro atoms. The summed E-state index contributed by atoms with van der Waals surface area (Å²) in [6.45, 7) is 9.73. The zero-order chi connectivity index (χ0) is 20.7. The first-order chi connectivity index (χ1) is 13.2. The first-order valence-corrected chi connectivity index (χ1v) is 11.5. The maximum atomic E-state index is 12.7. The number of hydrogen-bond donors (Lipinski definition) is 0. The molecule has 0 unspecified atom stereocenters. The molecule has 0 saturated carbocycles. The van der Waals surface area contributed by atoms with Crippen LogP contribution in [0.2, 0.25) is 0 Å². The van der Waals surface area contributed by atoms with Gasteiger partial charge in [0.15, 0.2) is 0 Å². The summed E-state index contributed by atoms with van der Waals surface area (Å²) in [6, 6.07) is 1.91. The fourth-order valence-corrected chi connectivity index (χ4v) is 4.51. The first-order valence-electron chi connectivity index (χ1n) is 9.76. The van der Waals surface area contributed by atoms with E-state index < -0.39 is 13.3 Å². The van der Waals surface area contributed by atoms with Gasteiger partial charge in [-0.2, -0.15) is 4.98 Å². The molecule has 2 heterocycles. The molecule has 0 aromatic carbocycles. The Bertz CT molecular complexity index is 844. The second kappa shape index (κ2) is 10.3. The molecule has 8 nitrogen and oxygen atoms in total. The molecule has 0 N–H and O–H groups in total. The van der Waals surface area contributed by atoms with Crippen molar-refractivity contribution in [2.75, 3.05) is 13.0 Å². The molecule has 2 aromatic heterocycles. The van der Waals surface area contributed by atoms with E-state index in [1.807, 2.05) is 6.07 Å². The molecular weight excluding hydrogens is 383 g/mol. The van der Waals surface area contributed by atoms with Gasteiger partial charge in [0.25, 0.3) is 0 Å². The fraction of sp³-hybridized carbons (Fsp3) is 0.684. The number of aryl methyl sites for hydroxylation is 1. The topological polar surface area (TPSA) is 92.8 Å². The van der Waals surface area contributed by atoms with E-state index in [0.717, 1.165) is 30.4 Å². The van der Waals surface area contributed by atoms with Crippen molar-refractivity contribution >= 4 is 18.7 Å². The van der Waals surface area contributed by atoms with Gasteiger partial charge in [-0.3, -0.25) is 9.13 Å². The number of nitrogens with zero attached hydrogens (tertiary/aromatic N) is 2. The molecule has 0 bridgehead atoms. The van der Waals surface area contributed by atoms with E-state index in [1.54, 1.807) is 33.9 Å². The molecule has 0 radical (unpaired) electrons. The van der Waals surface area contributed by atoms with Gasteiger partial charge >= 0.3 is 13.3 Å². The Labute approximate surface area is 165 Å². The largest absolute Gasteiger partial charge is 0.443 e. The summed E-state index contributed by atoms with van der Waals surface area (Å²) in [5.74, 6) is 0.829. The van der Waals surface area contributed by atoms with Crippen LogP contribution in [-0.2, 0) is 31.3 Å². The number of fused-ring (bicyclic) bond motifs is 1. The standard InChI is InChI=1S/C19H31N2O6P/c1-6-7-8-17-11-16-12-21(19(22)20-18(16)25-17)9-10-24-13-28(23,26-14(2)3)27-15(4)5/h11-12,14-15H,6-10,13H2,1-5H3. The highest BCUT2D eigenvalue weighted by atomic mass is 31.2. The third-order valence-electron chi connectivity index (χ3n) is 3.77. The number of hydrogen-bond acceptors (Lipinski definition) is 7. The van der Waals surface area contributed by atoms with Gasteiger partial charge < -0.3 is 18.2 Å². The lowest BCUT2D eigenvalue weighted by molar-refractivity contribution is 0.0955. The SMILES string of the molecule is CCCCc1cc2cn(CCOCP(=O)(OC(C)C)OC(C)C)c(=O)nc2o1. The quantitative estimate of drug-likeness (QED) is 0.376. The number of unbranched alkanes of at least 4 members (excludes halogenated alkanes) is 1. The summed E-state index contributed by atoms with van der Waals surface area (Å²) in [5, 5.41) is 0.780. The van der Waals surface area contributed by atoms with Gasteiger partial charge in [-0.1, -0.05) is 13.3 Å². The van der Waals surface area contributed by atoms with Crippen molar-refractivity contribution in [2.24, 2.45) is 0 Å². The highest BCUT2D eigenvalue weighted by molar-refractivity contribution is 7.53. The van der Waals surface area contributed by atoms with Gasteiger partial charge in [0.2, 0.25) is 5.71 Å². The highest BCUT2D eigenvalue weighted by Gasteiger charge is 2.28. The van der Waals surface area contributed by atoms with Crippen molar-refractivity contribution in [3.8, 4) is 0 Å². The van der Waals surface area contributed by atoms with Crippen molar-refractivity contribution in [3.05, 3.63) is 28.5 Å². The maximum Gasteiger partial charge on any atom is 0.356 e. The Hall–Kier alpha value is -1.47. The van der Waals surface area contributed by atoms with Gasteiger partial charge in [-0.05, 0) is 40.2 Å². The van der Waals surface area contributed by atoms with Crippen LogP contribution in [0.25, 0.3) is 11.1 Å². The first kappa shape index (κ1) is 22.8. The van der Waals surface area contributed by atoms with Crippen LogP contribution in [0.1, 0.15) is 53.2 Å². The highest BCUT2D eigenvalue weighted by Crippen LogP contribution is 2.50. The average molecular weight is 414 g/mol. The van der Waals surface area contributed by atoms with E-state index in [2.05, 4.69) is 11.9 Å². The van der Waals surface area contributed by atoms with Gasteiger partial charge in [0.1, 0.15) is 12.1 Å². The van der Waals surface area contributed by atoms with E-state index in [4.69, 9.17) is 18.2 Å². The Morgan fingerprint density at radius 3 is 2.50 bits per heavy atom. The molecule has 158 valence electrons. The van der Waals surface area contributed by atoms with Crippen LogP contribution >= 0.6 is 7.60 Å². The van der Waals surface area contributed by atoms with Gasteiger partial charge in [0.05, 0.1) is 30.7 Å². The van der Waals surface area contributed by atoms with E-state index in [1.165, 1.54) is 4.57 Å². The lowest BCUT2D eigenvalue weighted by Gasteiger charge is -2.22. The molecule has 0 aliphatic heterocycles. The minimum Gasteiger partial charge on any atom is -0.443 e. The molecule has 0 aliphatic carbocycles. The molecule has 2 aromatic rings. The molecular formula is C19H31N2O6P. The second-order valence-electron chi connectivity index (χ2n) is 7.25. The molecule has 0 aliphatic rings. The van der Waals surface area contributed by atoms with Crippen molar-refractivity contribution in [1.29, 1.82) is 0 Å². The predicted octanol–water partition coefficient (Wildman–Crippen LogP) is 4.35. The molecule has 0 saturated heterocycles. The summed E-state index contributed by atoms with van der Waals surface area (Å²) in [6.07, 6.45) is 3.97. The smallest absolute Gasteiger partial charge is 0.356 e. The Morgan fingerprint density at radius 2 is 1.89 bits per heavy atom. The van der Waals surface area contributed by atoms with Crippen molar-refractivity contribution in [2.45, 2.75) is 72.6 Å². The van der Waals surface area contributed by atoms with E-state index in [9.17, 15) is 9.36 Å². The number of rotatable bonds is 12. The molecule has 0 atom stereocenters. The van der Waals surface area contributed by atoms with Gasteiger partial charge in [-0.15, -0.1) is 0 Å². The van der Waals surface area contributed by atoms with Crippen LogP contribution in [0.4, 0.5) is 0 Å². The minimum atomic E-state index is -3.35. The second-order valence-corrected chi connectivity index (χ2v) is 9.15. The van der Waals surface area contributed by atoms with Crippen LogP contribution in [0.3, 0.4) is 0 Å². The van der Waals surface area contributed by atoms with Crippen LogP contribution < -0.4 is 5.69 Å². The molecule has 0 fully saturated rings. The van der Waals surface area contributed by atoms with E-state index in [0.29, 0.717) is 5.71 Å². The Morgan fingerprint density at radius 1 is 1.21 bits per heavy atom. The molecule has 2 rings (SSSR count). The number of ether oxygens (including phenoxy) is 1. The number of furan rings is 1. The monoisotopic (exact) mass is 414 g/mol. The molecule has 0 amide bonds. The lowest BCUT2D eigenvalue weighted by atomic mass is 10.2. The zero-order valence-corrected chi connectivity index (χ0v) is 18.2. The molecule has 28 heavy (non-hydrogen) atoms. The summed E-state index contributed by atoms with van der Waals surface area (Å²) < 4.78 is 36.2. The van der Waals surface area contributed by atoms with Gasteiger partial charge in [-0.25, -0.2) is 4.79 Å². The third kappa shape index (κ3) is 6.85. The van der Waals surface area contributed by atoms with Crippen LogP contribution in [0.15, 0.2) is 21.5 Å². The normalized spacial score (nSPS) is 12.5. The Kier molecular flexibility index (Phi) is 8.43. The minimum absolute atomic E-state index is 0.166. The Balaban J connectivity index is 1.97. The van der Waals surface area contributed by atoms with Crippen molar-refractivity contribution in [1.82, 2.24) is 9.55 Å². The average Bonchev–Trinajstić information content (AvgIpc) is 2.96. The molecule has 9 heteroatoms. The predicted molar refractivity (Wildman–Crippen MR) is 108 cm³/mol. The lowest BCUT2D eigenvalue weighted by Crippen LogP contribution is -2.24. The van der Waals surface area contributed by atoms with Crippen LogP contribution in [-0.4, -0.2) is 34.7 Å². The van der Waals surface area contributed by atoms with Crippen molar-refractivity contribution < 1.29 is 22.8 Å². The zero-order valence-electron chi connectivity index (χ0n) is 17.3. The number of aromatic nitrogens is 2. The summed E-state index contributed by atoms with van der Waals surface area (Å²) in [5.41, 5.74) is -0.0547. The van der Waals surface area contributed by atoms with Crippen LogP contribution in [0, 0.1) is 0 Å². The third-order valence-corrected chi connectivity index (χ3v) is 5.76. The van der Waals surface area contributed by atoms with E-state index >= 15 is 0 Å². The van der Waals surface area contributed by atoms with Crippen LogP contribution in [0.5, 0.6) is 0 Å². The van der Waals surface area contributed by atoms with Gasteiger partial charge in [0, 0.05) is 12.6 Å².